The van der Waals surface area contributed by atoms with E-state index in [1.54, 1.807) is 100 Å². The van der Waals surface area contributed by atoms with Crippen molar-refractivity contribution in [3.8, 4) is 5.75 Å². The number of phenols is 1. The first-order chi connectivity index (χ1) is 44.8. The lowest BCUT2D eigenvalue weighted by Gasteiger charge is -2.32. The van der Waals surface area contributed by atoms with Crippen LogP contribution in [0.3, 0.4) is 0 Å². The molecular weight excluding hydrogens is 1200 g/mol. The molecule has 3 aromatic carbocycles. The highest BCUT2D eigenvalue weighted by atomic mass is 16.3. The van der Waals surface area contributed by atoms with Crippen LogP contribution in [0.2, 0.25) is 0 Å². The molecule has 94 heavy (non-hydrogen) atoms. The number of carbonyl (C=O) groups excluding carboxylic acids is 11. The van der Waals surface area contributed by atoms with Crippen molar-refractivity contribution < 1.29 is 57.8 Å². The normalized spacial score (nSPS) is 25.8. The van der Waals surface area contributed by atoms with Crippen LogP contribution in [-0.2, 0) is 72.0 Å². The highest BCUT2D eigenvalue weighted by Crippen LogP contribution is 2.24. The fourth-order valence-corrected chi connectivity index (χ4v) is 12.2. The maximum atomic E-state index is 15.2. The van der Waals surface area contributed by atoms with Crippen LogP contribution >= 0.6 is 0 Å². The highest BCUT2D eigenvalue weighted by Gasteiger charge is 2.44. The Morgan fingerprint density at radius 3 is 1.07 bits per heavy atom. The summed E-state index contributed by atoms with van der Waals surface area (Å²) >= 11 is 0. The summed E-state index contributed by atoms with van der Waals surface area (Å²) in [5.41, 5.74) is 13.8. The molecule has 25 nitrogen and oxygen atoms in total. The summed E-state index contributed by atoms with van der Waals surface area (Å²) in [6, 6.07) is 10.0. The maximum Gasteiger partial charge on any atom is 0.246 e. The predicted molar refractivity (Wildman–Crippen MR) is 354 cm³/mol. The van der Waals surface area contributed by atoms with Crippen LogP contribution in [0.4, 0.5) is 0 Å². The van der Waals surface area contributed by atoms with Gasteiger partial charge in [-0.2, -0.15) is 0 Å². The molecule has 11 amide bonds. The van der Waals surface area contributed by atoms with Crippen LogP contribution in [0.25, 0.3) is 0 Å². The molecule has 3 heterocycles. The fourth-order valence-electron chi connectivity index (χ4n) is 12.2. The van der Waals surface area contributed by atoms with Crippen LogP contribution in [0.15, 0.2) is 84.9 Å². The van der Waals surface area contributed by atoms with E-state index < -0.39 is 143 Å². The Balaban J connectivity index is 1.43. The number of fused-ring (bicyclic) bond motifs is 2. The van der Waals surface area contributed by atoms with Crippen molar-refractivity contribution >= 4 is 65.0 Å². The number of hydrogen-bond donors (Lipinski definition) is 12. The van der Waals surface area contributed by atoms with Gasteiger partial charge in [0.05, 0.1) is 0 Å². The second kappa shape index (κ2) is 36.3. The number of nitrogens with one attached hydrogen (secondary N) is 9. The van der Waals surface area contributed by atoms with Gasteiger partial charge in [-0.05, 0) is 130 Å². The van der Waals surface area contributed by atoms with Crippen molar-refractivity contribution in [2.45, 2.75) is 205 Å². The number of rotatable bonds is 18. The van der Waals surface area contributed by atoms with Crippen molar-refractivity contribution in [3.05, 3.63) is 102 Å². The molecule has 25 heteroatoms. The minimum Gasteiger partial charge on any atom is -0.508 e. The van der Waals surface area contributed by atoms with E-state index in [9.17, 15) is 43.5 Å². The Morgan fingerprint density at radius 1 is 0.394 bits per heavy atom. The fraction of sp³-hybridized carbons (Fsp3) is 0.580. The Hall–Kier alpha value is -8.45. The first-order valence-electron chi connectivity index (χ1n) is 33.4. The van der Waals surface area contributed by atoms with Gasteiger partial charge >= 0.3 is 0 Å². The SMILES string of the molecule is CC(C)C[C@@H]1NC(=O)[C@H](CCCN)NC(=O)[C@H](C(C)C)NC(=O)[C@@H]2CCCN2C(=O)[C@@H](Cc2ccccc2)NC(=O)[C@H](CC(C)C)NC(=O)[C@H](CCCN)NC(=O)[C@H](C(C)C)NC(=O)[C@@H]2CCCN2C(=O)[C@@H](Cc2ccc(O)cc2)NC(=O)[C@@H](Cc2ccccc2)NC1=O. The number of nitrogens with two attached hydrogens (primary N) is 2. The zero-order valence-electron chi connectivity index (χ0n) is 55.8. The van der Waals surface area contributed by atoms with Crippen molar-refractivity contribution in [1.82, 2.24) is 57.7 Å². The molecule has 3 aliphatic heterocycles. The summed E-state index contributed by atoms with van der Waals surface area (Å²) in [5, 5.41) is 35.9. The summed E-state index contributed by atoms with van der Waals surface area (Å²) in [4.78, 5) is 165. The quantitative estimate of drug-likeness (QED) is 0.0863. The van der Waals surface area contributed by atoms with Gasteiger partial charge in [-0.15, -0.1) is 0 Å². The van der Waals surface area contributed by atoms with Gasteiger partial charge < -0.3 is 74.2 Å². The third kappa shape index (κ3) is 21.8. The van der Waals surface area contributed by atoms with Gasteiger partial charge in [0.1, 0.15) is 72.2 Å². The Morgan fingerprint density at radius 2 is 0.713 bits per heavy atom. The molecule has 0 bridgehead atoms. The van der Waals surface area contributed by atoms with Crippen LogP contribution in [-0.4, -0.2) is 173 Å². The van der Waals surface area contributed by atoms with Gasteiger partial charge in [0.2, 0.25) is 65.0 Å². The van der Waals surface area contributed by atoms with Gasteiger partial charge in [-0.1, -0.05) is 128 Å². The number of benzene rings is 3. The number of hydrogen-bond acceptors (Lipinski definition) is 14. The molecule has 11 atom stereocenters. The lowest BCUT2D eigenvalue weighted by molar-refractivity contribution is -0.143. The van der Waals surface area contributed by atoms with Crippen LogP contribution in [0, 0.1) is 23.7 Å². The van der Waals surface area contributed by atoms with Crippen molar-refractivity contribution in [1.29, 1.82) is 0 Å². The zero-order valence-corrected chi connectivity index (χ0v) is 55.8. The monoisotopic (exact) mass is 1300 g/mol. The zero-order chi connectivity index (χ0) is 68.8. The summed E-state index contributed by atoms with van der Waals surface area (Å²) < 4.78 is 0. The highest BCUT2D eigenvalue weighted by molar-refractivity contribution is 6.00. The second-order valence-corrected chi connectivity index (χ2v) is 26.6. The first kappa shape index (κ1) is 74.6. The van der Waals surface area contributed by atoms with E-state index in [-0.39, 0.29) is 114 Å². The van der Waals surface area contributed by atoms with Crippen LogP contribution in [0.1, 0.15) is 136 Å². The molecular formula is C69H101N13O12. The van der Waals surface area contributed by atoms with Gasteiger partial charge in [0, 0.05) is 32.4 Å². The average molecular weight is 1300 g/mol. The minimum absolute atomic E-state index is 0.00446. The van der Waals surface area contributed by atoms with Gasteiger partial charge in [0.25, 0.3) is 0 Å². The summed E-state index contributed by atoms with van der Waals surface area (Å²) in [6.45, 7) is 14.7. The van der Waals surface area contributed by atoms with Crippen LogP contribution in [0.5, 0.6) is 5.75 Å². The molecule has 6 rings (SSSR count). The molecule has 0 unspecified atom stereocenters. The number of nitrogens with zero attached hydrogens (tertiary/aromatic N) is 2. The van der Waals surface area contributed by atoms with Gasteiger partial charge in [-0.3, -0.25) is 52.7 Å². The molecule has 0 spiro atoms. The molecule has 14 N–H and O–H groups in total. The summed E-state index contributed by atoms with van der Waals surface area (Å²) in [5.74, 6) is -9.29. The molecule has 0 aromatic heterocycles. The molecule has 3 aliphatic rings. The summed E-state index contributed by atoms with van der Waals surface area (Å²) in [6.07, 6.45) is 1.74. The predicted octanol–water partition coefficient (Wildman–Crippen LogP) is 1.66. The minimum atomic E-state index is -1.37. The number of amides is 11. The molecule has 0 saturated carbocycles. The lowest BCUT2D eigenvalue weighted by atomic mass is 9.99. The number of aromatic hydroxyl groups is 1. The second-order valence-electron chi connectivity index (χ2n) is 26.6. The Labute approximate surface area is 552 Å². The maximum absolute atomic E-state index is 15.2. The van der Waals surface area contributed by atoms with Gasteiger partial charge in [-0.25, -0.2) is 0 Å². The van der Waals surface area contributed by atoms with Gasteiger partial charge in [0.15, 0.2) is 0 Å². The lowest BCUT2D eigenvalue weighted by Crippen LogP contribution is -2.61. The first-order valence-corrected chi connectivity index (χ1v) is 33.4. The summed E-state index contributed by atoms with van der Waals surface area (Å²) in [7, 11) is 0. The average Bonchev–Trinajstić information content (AvgIpc) is 1.63. The number of carbonyl (C=O) groups is 11. The largest absolute Gasteiger partial charge is 0.508 e. The number of phenolic OH excluding ortho intramolecular Hbond substituents is 1. The molecule has 3 saturated heterocycles. The van der Waals surface area contributed by atoms with Crippen LogP contribution < -0.4 is 59.3 Å². The Kier molecular flexibility index (Phi) is 28.8. The topological polar surface area (TPSA) is 375 Å². The van der Waals surface area contributed by atoms with Crippen molar-refractivity contribution in [2.75, 3.05) is 26.2 Å². The third-order valence-electron chi connectivity index (χ3n) is 17.3. The van der Waals surface area contributed by atoms with Crippen molar-refractivity contribution in [3.63, 3.8) is 0 Å². The molecule has 3 aromatic rings. The van der Waals surface area contributed by atoms with E-state index in [0.717, 1.165) is 0 Å². The molecule has 0 aliphatic carbocycles. The standard InChI is InChI=1S/C69H101N13O12/c1-40(2)35-50-61(86)76-52(37-44-19-11-9-12-20-44)63(88)78-54(39-46-27-29-47(83)30-28-46)69(94)82-34-18-26-56(82)65(90)80-58(43(7)8)67(92)73-49(24-16-32-71)60(85)75-51(36-41(3)4)62(87)77-53(38-45-21-13-10-14-22-45)68(93)81-33-17-25-55(81)64(89)79-57(42(5)6)66(91)72-48(23-15-31-70)59(84)74-50/h9-14,19-22,27-30,40-43,48-58,83H,15-18,23-26,31-39,70-71H2,1-8H3,(H,72,91)(H,73,92)(H,74,84)(H,75,85)(H,76,86)(H,77,87)(H,78,88)(H,79,89)(H,80,90)/t48-,49-,50-,51-,52+,53+,54+,55-,56-,57-,58-/m0/s1. The molecule has 3 fully saturated rings. The third-order valence-corrected chi connectivity index (χ3v) is 17.3. The van der Waals surface area contributed by atoms with E-state index in [1.807, 2.05) is 27.7 Å². The smallest absolute Gasteiger partial charge is 0.246 e. The van der Waals surface area contributed by atoms with E-state index in [1.165, 1.54) is 21.9 Å². The van der Waals surface area contributed by atoms with E-state index in [4.69, 9.17) is 11.5 Å². The molecule has 0 radical (unpaired) electrons. The van der Waals surface area contributed by atoms with Crippen molar-refractivity contribution in [2.24, 2.45) is 35.1 Å². The van der Waals surface area contributed by atoms with E-state index in [2.05, 4.69) is 47.9 Å². The van der Waals surface area contributed by atoms with E-state index in [0.29, 0.717) is 29.5 Å². The molecule has 514 valence electrons. The van der Waals surface area contributed by atoms with E-state index >= 15 is 14.4 Å². The Bertz CT molecular complexity index is 3060.